The van der Waals surface area contributed by atoms with Gasteiger partial charge in [-0.15, -0.1) is 6.58 Å². The monoisotopic (exact) mass is 274 g/mol. The number of carbonyl (C=O) groups is 1. The maximum atomic E-state index is 11.9. The Kier molecular flexibility index (Phi) is 4.81. The molecule has 0 aliphatic rings. The number of amides is 1. The summed E-state index contributed by atoms with van der Waals surface area (Å²) in [5.41, 5.74) is -1.19. The highest BCUT2D eigenvalue weighted by Crippen LogP contribution is 2.01. The summed E-state index contributed by atoms with van der Waals surface area (Å²) in [6.45, 7) is 3.65. The molecule has 20 heavy (non-hydrogen) atoms. The second-order valence-corrected chi connectivity index (χ2v) is 4.01. The molecule has 7 heteroatoms. The highest BCUT2D eigenvalue weighted by Gasteiger charge is 2.11. The zero-order valence-electron chi connectivity index (χ0n) is 11.2. The predicted octanol–water partition coefficient (Wildman–Crippen LogP) is -0.707. The van der Waals surface area contributed by atoms with Gasteiger partial charge in [-0.25, -0.2) is 4.79 Å². The molecular weight excluding hydrogens is 260 g/mol. The number of nitriles is 1. The topological polar surface area (TPSA) is 96.9 Å². The Morgan fingerprint density at radius 3 is 2.70 bits per heavy atom. The number of aromatic nitrogens is 2. The molecule has 1 heterocycles. The van der Waals surface area contributed by atoms with Crippen LogP contribution >= 0.6 is 0 Å². The van der Waals surface area contributed by atoms with Crippen LogP contribution < -0.4 is 16.6 Å². The van der Waals surface area contributed by atoms with E-state index in [1.165, 1.54) is 30.9 Å². The van der Waals surface area contributed by atoms with E-state index in [-0.39, 0.29) is 17.7 Å². The molecule has 0 bridgehead atoms. The van der Waals surface area contributed by atoms with E-state index in [2.05, 4.69) is 11.9 Å². The zero-order valence-corrected chi connectivity index (χ0v) is 11.2. The quantitative estimate of drug-likeness (QED) is 0.445. The minimum atomic E-state index is -0.608. The first-order chi connectivity index (χ1) is 9.42. The minimum absolute atomic E-state index is 0.0832. The molecule has 1 amide bonds. The van der Waals surface area contributed by atoms with Gasteiger partial charge in [0.15, 0.2) is 0 Å². The Balaban J connectivity index is 3.32. The van der Waals surface area contributed by atoms with Gasteiger partial charge in [-0.05, 0) is 6.08 Å². The summed E-state index contributed by atoms with van der Waals surface area (Å²) in [5.74, 6) is -0.608. The molecule has 0 aliphatic heterocycles. The Morgan fingerprint density at radius 1 is 1.50 bits per heavy atom. The van der Waals surface area contributed by atoms with E-state index in [9.17, 15) is 14.4 Å². The molecule has 7 nitrogen and oxygen atoms in total. The summed E-state index contributed by atoms with van der Waals surface area (Å²) >= 11 is 0. The average Bonchev–Trinajstić information content (AvgIpc) is 2.44. The van der Waals surface area contributed by atoms with Crippen molar-refractivity contribution < 1.29 is 4.79 Å². The van der Waals surface area contributed by atoms with Crippen LogP contribution in [0, 0.1) is 11.3 Å². The van der Waals surface area contributed by atoms with Crippen molar-refractivity contribution in [1.82, 2.24) is 14.5 Å². The van der Waals surface area contributed by atoms with Gasteiger partial charge >= 0.3 is 5.69 Å². The van der Waals surface area contributed by atoms with Gasteiger partial charge in [-0.2, -0.15) is 5.26 Å². The lowest BCUT2D eigenvalue weighted by Crippen LogP contribution is -2.37. The SMILES string of the molecule is C=CCNC(=O)/C(C#N)=C/c1cn(C)c(=O)n(C)c1=O. The average molecular weight is 274 g/mol. The van der Waals surface area contributed by atoms with Gasteiger partial charge in [0.05, 0.1) is 5.56 Å². The molecule has 0 aliphatic carbocycles. The molecule has 1 aromatic rings. The van der Waals surface area contributed by atoms with E-state index in [0.29, 0.717) is 0 Å². The van der Waals surface area contributed by atoms with E-state index in [0.717, 1.165) is 10.6 Å². The molecular formula is C13H14N4O3. The van der Waals surface area contributed by atoms with Gasteiger partial charge in [-0.1, -0.05) is 6.08 Å². The van der Waals surface area contributed by atoms with Crippen molar-refractivity contribution >= 4 is 12.0 Å². The largest absolute Gasteiger partial charge is 0.348 e. The number of carbonyl (C=O) groups excluding carboxylic acids is 1. The van der Waals surface area contributed by atoms with Crippen LogP contribution in [0.3, 0.4) is 0 Å². The first kappa shape index (κ1) is 15.2. The van der Waals surface area contributed by atoms with Crippen molar-refractivity contribution in [3.8, 4) is 6.07 Å². The molecule has 1 aromatic heterocycles. The molecule has 104 valence electrons. The van der Waals surface area contributed by atoms with Crippen molar-refractivity contribution in [2.45, 2.75) is 0 Å². The lowest BCUT2D eigenvalue weighted by Gasteiger charge is -2.04. The highest BCUT2D eigenvalue weighted by molar-refractivity contribution is 6.01. The van der Waals surface area contributed by atoms with Crippen LogP contribution in [-0.2, 0) is 18.9 Å². The van der Waals surface area contributed by atoms with E-state index >= 15 is 0 Å². The lowest BCUT2D eigenvalue weighted by molar-refractivity contribution is -0.116. The summed E-state index contributed by atoms with van der Waals surface area (Å²) in [7, 11) is 2.80. The summed E-state index contributed by atoms with van der Waals surface area (Å²) < 4.78 is 2.10. The third-order valence-corrected chi connectivity index (χ3v) is 2.54. The number of nitrogens with one attached hydrogen (secondary N) is 1. The van der Waals surface area contributed by atoms with Crippen molar-refractivity contribution in [3.05, 3.63) is 50.8 Å². The van der Waals surface area contributed by atoms with Crippen molar-refractivity contribution in [2.24, 2.45) is 14.1 Å². The molecule has 1 rings (SSSR count). The summed E-state index contributed by atoms with van der Waals surface area (Å²) in [5, 5.41) is 11.4. The molecule has 0 aromatic carbocycles. The van der Waals surface area contributed by atoms with Crippen molar-refractivity contribution in [1.29, 1.82) is 5.26 Å². The molecule has 0 fully saturated rings. The normalized spacial score (nSPS) is 10.8. The van der Waals surface area contributed by atoms with Gasteiger partial charge in [-0.3, -0.25) is 14.2 Å². The van der Waals surface area contributed by atoms with Gasteiger partial charge in [0.1, 0.15) is 11.6 Å². The maximum absolute atomic E-state index is 11.9. The van der Waals surface area contributed by atoms with Crippen molar-refractivity contribution in [3.63, 3.8) is 0 Å². The molecule has 1 N–H and O–H groups in total. The van der Waals surface area contributed by atoms with Crippen LogP contribution in [0.15, 0.2) is 34.0 Å². The number of aryl methyl sites for hydroxylation is 1. The fraction of sp³-hybridized carbons (Fsp3) is 0.231. The number of nitrogens with zero attached hydrogens (tertiary/aromatic N) is 3. The van der Waals surface area contributed by atoms with Crippen LogP contribution in [0.25, 0.3) is 6.08 Å². The third kappa shape index (κ3) is 3.11. The number of hydrogen-bond acceptors (Lipinski definition) is 4. The number of hydrogen-bond donors (Lipinski definition) is 1. The lowest BCUT2D eigenvalue weighted by atomic mass is 10.2. The Labute approximate surface area is 115 Å². The Morgan fingerprint density at radius 2 is 2.15 bits per heavy atom. The summed E-state index contributed by atoms with van der Waals surface area (Å²) in [6.07, 6.45) is 3.90. The molecule has 0 atom stereocenters. The first-order valence-electron chi connectivity index (χ1n) is 5.70. The second-order valence-electron chi connectivity index (χ2n) is 4.01. The van der Waals surface area contributed by atoms with Crippen LogP contribution in [0.4, 0.5) is 0 Å². The fourth-order valence-electron chi connectivity index (χ4n) is 1.50. The van der Waals surface area contributed by atoms with Crippen LogP contribution in [-0.4, -0.2) is 21.6 Å². The number of rotatable bonds is 4. The standard InChI is InChI=1S/C13H14N4O3/c1-4-5-15-11(18)9(7-14)6-10-8-16(2)13(20)17(3)12(10)19/h4,6,8H,1,5H2,2-3H3,(H,15,18)/b9-6+. The van der Waals surface area contributed by atoms with E-state index in [4.69, 9.17) is 5.26 Å². The predicted molar refractivity (Wildman–Crippen MR) is 73.7 cm³/mol. The van der Waals surface area contributed by atoms with Gasteiger partial charge in [0.2, 0.25) is 0 Å². The maximum Gasteiger partial charge on any atom is 0.330 e. The molecule has 0 saturated carbocycles. The fourth-order valence-corrected chi connectivity index (χ4v) is 1.50. The third-order valence-electron chi connectivity index (χ3n) is 2.54. The second kappa shape index (κ2) is 6.33. The van der Waals surface area contributed by atoms with Crippen LogP contribution in [0.2, 0.25) is 0 Å². The molecule has 0 unspecified atom stereocenters. The first-order valence-corrected chi connectivity index (χ1v) is 5.70. The molecule has 0 radical (unpaired) electrons. The summed E-state index contributed by atoms with van der Waals surface area (Å²) in [4.78, 5) is 35.1. The van der Waals surface area contributed by atoms with Crippen LogP contribution in [0.1, 0.15) is 5.56 Å². The van der Waals surface area contributed by atoms with Crippen LogP contribution in [0.5, 0.6) is 0 Å². The Hall–Kier alpha value is -2.88. The van der Waals surface area contributed by atoms with E-state index < -0.39 is 17.2 Å². The molecule has 0 saturated heterocycles. The highest BCUT2D eigenvalue weighted by atomic mass is 16.2. The molecule has 0 spiro atoms. The van der Waals surface area contributed by atoms with Gasteiger partial charge in [0, 0.05) is 26.8 Å². The van der Waals surface area contributed by atoms with Gasteiger partial charge in [0.25, 0.3) is 11.5 Å². The summed E-state index contributed by atoms with van der Waals surface area (Å²) in [6, 6.07) is 1.72. The minimum Gasteiger partial charge on any atom is -0.348 e. The van der Waals surface area contributed by atoms with E-state index in [1.54, 1.807) is 6.07 Å². The van der Waals surface area contributed by atoms with Gasteiger partial charge < -0.3 is 9.88 Å². The zero-order chi connectivity index (χ0) is 15.3. The smallest absolute Gasteiger partial charge is 0.330 e. The van der Waals surface area contributed by atoms with E-state index in [1.807, 2.05) is 0 Å². The van der Waals surface area contributed by atoms with Crippen molar-refractivity contribution in [2.75, 3.05) is 6.54 Å². The Bertz CT molecular complexity index is 731.